The number of nitrogens with zero attached hydrogens (tertiary/aromatic N) is 2. The number of nitrogens with one attached hydrogen (secondary N) is 2. The number of carbonyl (C=O) groups excluding carboxylic acids is 1. The molecule has 1 saturated carbocycles. The Bertz CT molecular complexity index is 984. The molecule has 138 valence electrons. The van der Waals surface area contributed by atoms with Gasteiger partial charge in [-0.15, -0.1) is 0 Å². The minimum atomic E-state index is -0.326. The molecule has 0 aliphatic heterocycles. The van der Waals surface area contributed by atoms with Crippen molar-refractivity contribution in [2.24, 2.45) is 0 Å². The van der Waals surface area contributed by atoms with E-state index in [1.54, 1.807) is 6.20 Å². The summed E-state index contributed by atoms with van der Waals surface area (Å²) >= 11 is 0. The molecule has 2 aromatic heterocycles. The predicted molar refractivity (Wildman–Crippen MR) is 101 cm³/mol. The maximum atomic E-state index is 12.2. The van der Waals surface area contributed by atoms with E-state index in [-0.39, 0.29) is 29.3 Å². The third-order valence-electron chi connectivity index (χ3n) is 4.86. The van der Waals surface area contributed by atoms with E-state index in [1.165, 1.54) is 12.1 Å². The summed E-state index contributed by atoms with van der Waals surface area (Å²) < 4.78 is 6.23. The van der Waals surface area contributed by atoms with Gasteiger partial charge in [-0.1, -0.05) is 12.1 Å². The number of aromatic nitrogens is 3. The van der Waals surface area contributed by atoms with E-state index in [4.69, 9.17) is 4.74 Å². The summed E-state index contributed by atoms with van der Waals surface area (Å²) in [6.07, 6.45) is 7.14. The third-order valence-corrected chi connectivity index (χ3v) is 4.86. The number of fused-ring (bicyclic) bond motifs is 1. The zero-order chi connectivity index (χ0) is 18.6. The topological polar surface area (TPSA) is 97.0 Å². The summed E-state index contributed by atoms with van der Waals surface area (Å²) in [4.78, 5) is 27.4. The van der Waals surface area contributed by atoms with Crippen molar-refractivity contribution in [3.8, 4) is 5.75 Å². The summed E-state index contributed by atoms with van der Waals surface area (Å²) in [5.74, 6) is 0.608. The highest BCUT2D eigenvalue weighted by Gasteiger charge is 2.24. The van der Waals surface area contributed by atoms with Crippen molar-refractivity contribution < 1.29 is 9.53 Å². The molecule has 4 rings (SSSR count). The van der Waals surface area contributed by atoms with Crippen molar-refractivity contribution in [3.63, 3.8) is 0 Å². The Labute approximate surface area is 155 Å². The number of aromatic amines is 1. The fraction of sp³-hybridized carbons (Fsp3) is 0.300. The van der Waals surface area contributed by atoms with Gasteiger partial charge in [-0.2, -0.15) is 5.10 Å². The molecule has 2 N–H and O–H groups in total. The highest BCUT2D eigenvalue weighted by Crippen LogP contribution is 2.29. The van der Waals surface area contributed by atoms with E-state index >= 15 is 0 Å². The van der Waals surface area contributed by atoms with Crippen LogP contribution in [0.3, 0.4) is 0 Å². The summed E-state index contributed by atoms with van der Waals surface area (Å²) in [5, 5.41) is 11.1. The van der Waals surface area contributed by atoms with Gasteiger partial charge in [0.05, 0.1) is 6.10 Å². The van der Waals surface area contributed by atoms with Crippen molar-refractivity contribution in [3.05, 3.63) is 64.8 Å². The number of rotatable bonds is 4. The Balaban J connectivity index is 1.34. The Morgan fingerprint density at radius 3 is 2.74 bits per heavy atom. The first-order valence-electron chi connectivity index (χ1n) is 9.05. The molecule has 7 heteroatoms. The van der Waals surface area contributed by atoms with Crippen LogP contribution in [0.5, 0.6) is 5.75 Å². The molecule has 0 atom stereocenters. The molecule has 27 heavy (non-hydrogen) atoms. The van der Waals surface area contributed by atoms with Gasteiger partial charge in [0.25, 0.3) is 11.5 Å². The molecular weight excluding hydrogens is 344 g/mol. The van der Waals surface area contributed by atoms with Crippen LogP contribution in [-0.2, 0) is 0 Å². The molecule has 0 saturated heterocycles. The first-order chi connectivity index (χ1) is 13.2. The number of H-pyrrole nitrogens is 1. The van der Waals surface area contributed by atoms with Gasteiger partial charge in [0.1, 0.15) is 11.4 Å². The summed E-state index contributed by atoms with van der Waals surface area (Å²) in [5.41, 5.74) is -0.106. The number of ether oxygens (including phenoxy) is 1. The zero-order valence-electron chi connectivity index (χ0n) is 14.7. The number of amides is 1. The standard InChI is InChI=1S/C20H20N4O3/c25-19-9-8-17(23-24-19)20(26)22-14-4-6-15(7-5-14)27-18-3-1-2-13-12-21-11-10-16(13)18/h1-3,8-12,14-15H,4-7H2,(H,22,26)(H,24,25). The van der Waals surface area contributed by atoms with Crippen LogP contribution in [0.2, 0.25) is 0 Å². The van der Waals surface area contributed by atoms with Crippen molar-refractivity contribution >= 4 is 16.7 Å². The molecule has 1 aliphatic carbocycles. The normalized spacial score (nSPS) is 19.6. The lowest BCUT2D eigenvalue weighted by Crippen LogP contribution is -2.40. The number of hydrogen-bond acceptors (Lipinski definition) is 5. The molecular formula is C20H20N4O3. The monoisotopic (exact) mass is 364 g/mol. The SMILES string of the molecule is O=C(NC1CCC(Oc2cccc3cnccc23)CC1)c1ccc(=O)[nH]n1. The largest absolute Gasteiger partial charge is 0.490 e. The van der Waals surface area contributed by atoms with E-state index < -0.39 is 0 Å². The average Bonchev–Trinajstić information content (AvgIpc) is 2.70. The van der Waals surface area contributed by atoms with Gasteiger partial charge in [-0.25, -0.2) is 5.10 Å². The molecule has 3 aromatic rings. The van der Waals surface area contributed by atoms with E-state index in [0.717, 1.165) is 42.2 Å². The highest BCUT2D eigenvalue weighted by molar-refractivity contribution is 5.92. The molecule has 1 amide bonds. The number of benzene rings is 1. The van der Waals surface area contributed by atoms with Gasteiger partial charge < -0.3 is 10.1 Å². The number of pyridine rings is 1. The Morgan fingerprint density at radius 1 is 1.11 bits per heavy atom. The summed E-state index contributed by atoms with van der Waals surface area (Å²) in [7, 11) is 0. The average molecular weight is 364 g/mol. The number of carbonyl (C=O) groups is 1. The van der Waals surface area contributed by atoms with Crippen LogP contribution < -0.4 is 15.6 Å². The minimum Gasteiger partial charge on any atom is -0.490 e. The fourth-order valence-electron chi connectivity index (χ4n) is 3.43. The Hall–Kier alpha value is -3.22. The van der Waals surface area contributed by atoms with Crippen LogP contribution >= 0.6 is 0 Å². The zero-order valence-corrected chi connectivity index (χ0v) is 14.7. The maximum Gasteiger partial charge on any atom is 0.271 e. The lowest BCUT2D eigenvalue weighted by molar-refractivity contribution is 0.0889. The van der Waals surface area contributed by atoms with Crippen molar-refractivity contribution in [1.29, 1.82) is 0 Å². The highest BCUT2D eigenvalue weighted by atomic mass is 16.5. The van der Waals surface area contributed by atoms with E-state index in [1.807, 2.05) is 30.5 Å². The van der Waals surface area contributed by atoms with E-state index in [0.29, 0.717) is 0 Å². The van der Waals surface area contributed by atoms with Crippen LogP contribution in [0, 0.1) is 0 Å². The second-order valence-electron chi connectivity index (χ2n) is 6.72. The van der Waals surface area contributed by atoms with Crippen LogP contribution in [0.4, 0.5) is 0 Å². The van der Waals surface area contributed by atoms with Crippen LogP contribution in [0.1, 0.15) is 36.2 Å². The second-order valence-corrected chi connectivity index (χ2v) is 6.72. The first kappa shape index (κ1) is 17.2. The van der Waals surface area contributed by atoms with E-state index in [2.05, 4.69) is 20.5 Å². The van der Waals surface area contributed by atoms with Gasteiger partial charge in [-0.05, 0) is 43.9 Å². The van der Waals surface area contributed by atoms with Crippen LogP contribution in [0.25, 0.3) is 10.8 Å². The lowest BCUT2D eigenvalue weighted by Gasteiger charge is -2.29. The van der Waals surface area contributed by atoms with Crippen LogP contribution in [-0.4, -0.2) is 33.2 Å². The molecule has 0 bridgehead atoms. The minimum absolute atomic E-state index is 0.0859. The van der Waals surface area contributed by atoms with Crippen molar-refractivity contribution in [2.75, 3.05) is 0 Å². The fourth-order valence-corrected chi connectivity index (χ4v) is 3.43. The van der Waals surface area contributed by atoms with Gasteiger partial charge in [-0.3, -0.25) is 14.6 Å². The quantitative estimate of drug-likeness (QED) is 0.741. The molecule has 0 spiro atoms. The molecule has 7 nitrogen and oxygen atoms in total. The van der Waals surface area contributed by atoms with Gasteiger partial charge in [0.2, 0.25) is 0 Å². The van der Waals surface area contributed by atoms with Crippen molar-refractivity contribution in [1.82, 2.24) is 20.5 Å². The summed E-state index contributed by atoms with van der Waals surface area (Å²) in [6.45, 7) is 0. The molecule has 2 heterocycles. The number of hydrogen-bond donors (Lipinski definition) is 2. The van der Waals surface area contributed by atoms with Gasteiger partial charge in [0, 0.05) is 35.3 Å². The van der Waals surface area contributed by atoms with Gasteiger partial charge in [0.15, 0.2) is 0 Å². The lowest BCUT2D eigenvalue weighted by atomic mass is 9.92. The molecule has 0 radical (unpaired) electrons. The Morgan fingerprint density at radius 2 is 1.96 bits per heavy atom. The smallest absolute Gasteiger partial charge is 0.271 e. The maximum absolute atomic E-state index is 12.2. The van der Waals surface area contributed by atoms with Gasteiger partial charge >= 0.3 is 0 Å². The second kappa shape index (κ2) is 7.57. The molecule has 1 fully saturated rings. The molecule has 0 unspecified atom stereocenters. The Kier molecular flexibility index (Phi) is 4.82. The van der Waals surface area contributed by atoms with E-state index in [9.17, 15) is 9.59 Å². The van der Waals surface area contributed by atoms with Crippen molar-refractivity contribution in [2.45, 2.75) is 37.8 Å². The third kappa shape index (κ3) is 3.97. The molecule has 1 aliphatic rings. The first-order valence-corrected chi connectivity index (χ1v) is 9.05. The summed E-state index contributed by atoms with van der Waals surface area (Å²) in [6, 6.07) is 10.8. The predicted octanol–water partition coefficient (Wildman–Crippen LogP) is 2.44. The van der Waals surface area contributed by atoms with Crippen LogP contribution in [0.15, 0.2) is 53.6 Å². The molecule has 1 aromatic carbocycles.